The lowest BCUT2D eigenvalue weighted by Gasteiger charge is -2.14. The Bertz CT molecular complexity index is 1140. The molecule has 0 heterocycles. The van der Waals surface area contributed by atoms with Crippen LogP contribution in [0.1, 0.15) is 26.3 Å². The van der Waals surface area contributed by atoms with Crippen LogP contribution < -0.4 is 30.2 Å². The van der Waals surface area contributed by atoms with Crippen LogP contribution in [0.15, 0.2) is 66.7 Å². The lowest BCUT2D eigenvalue weighted by molar-refractivity contribution is 0.0948. The summed E-state index contributed by atoms with van der Waals surface area (Å²) < 4.78 is 15.8. The summed E-state index contributed by atoms with van der Waals surface area (Å²) in [6.45, 7) is 0.441. The lowest BCUT2D eigenvalue weighted by Crippen LogP contribution is -2.34. The fourth-order valence-corrected chi connectivity index (χ4v) is 3.35. The summed E-state index contributed by atoms with van der Waals surface area (Å²) in [5, 5.41) is 8.51. The number of hydrogen-bond acceptors (Lipinski definition) is 6. The molecule has 9 heteroatoms. The van der Waals surface area contributed by atoms with Gasteiger partial charge in [0.1, 0.15) is 0 Å². The van der Waals surface area contributed by atoms with Crippen LogP contribution in [0, 0.1) is 0 Å². The van der Waals surface area contributed by atoms with Crippen LogP contribution in [0.4, 0.5) is 5.69 Å². The van der Waals surface area contributed by atoms with Crippen molar-refractivity contribution in [2.45, 2.75) is 6.54 Å². The number of carbonyl (C=O) groups is 2. The van der Waals surface area contributed by atoms with Gasteiger partial charge in [-0.2, -0.15) is 0 Å². The first-order chi connectivity index (χ1) is 16.4. The van der Waals surface area contributed by atoms with E-state index in [0.717, 1.165) is 5.56 Å². The van der Waals surface area contributed by atoms with E-state index >= 15 is 0 Å². The molecule has 3 rings (SSSR count). The molecule has 3 aromatic carbocycles. The Morgan fingerprint density at radius 3 is 1.97 bits per heavy atom. The first-order valence-electron chi connectivity index (χ1n) is 10.3. The molecule has 0 aliphatic carbocycles. The molecule has 8 nitrogen and oxygen atoms in total. The van der Waals surface area contributed by atoms with Crippen molar-refractivity contribution in [3.05, 3.63) is 83.4 Å². The maximum Gasteiger partial charge on any atom is 0.257 e. The zero-order valence-corrected chi connectivity index (χ0v) is 19.8. The normalized spacial score (nSPS) is 10.1. The molecule has 0 atom stereocenters. The Balaban J connectivity index is 1.58. The molecule has 0 saturated heterocycles. The van der Waals surface area contributed by atoms with E-state index in [-0.39, 0.29) is 16.6 Å². The second-order valence-corrected chi connectivity index (χ2v) is 7.48. The summed E-state index contributed by atoms with van der Waals surface area (Å²) in [5.74, 6) is 0.455. The van der Waals surface area contributed by atoms with Gasteiger partial charge in [0.05, 0.1) is 21.3 Å². The van der Waals surface area contributed by atoms with Crippen molar-refractivity contribution >= 4 is 34.8 Å². The van der Waals surface area contributed by atoms with Crippen molar-refractivity contribution in [1.82, 2.24) is 10.6 Å². The SMILES string of the molecule is COc1cc(C(=O)NC(=S)Nc2ccc(C(=O)NCc3ccccc3)cc2)cc(OC)c1OC. The summed E-state index contributed by atoms with van der Waals surface area (Å²) in [6, 6.07) is 19.5. The van der Waals surface area contributed by atoms with Gasteiger partial charge in [-0.3, -0.25) is 14.9 Å². The third-order valence-electron chi connectivity index (χ3n) is 4.85. The van der Waals surface area contributed by atoms with Crippen LogP contribution >= 0.6 is 12.2 Å². The van der Waals surface area contributed by atoms with Crippen molar-refractivity contribution in [3.63, 3.8) is 0 Å². The third kappa shape index (κ3) is 6.23. The van der Waals surface area contributed by atoms with Gasteiger partial charge in [-0.15, -0.1) is 0 Å². The highest BCUT2D eigenvalue weighted by atomic mass is 32.1. The minimum atomic E-state index is -0.450. The minimum Gasteiger partial charge on any atom is -0.493 e. The van der Waals surface area contributed by atoms with Crippen LogP contribution in [0.3, 0.4) is 0 Å². The first kappa shape index (κ1) is 24.5. The third-order valence-corrected chi connectivity index (χ3v) is 5.06. The molecular formula is C25H25N3O5S. The number of ether oxygens (including phenoxy) is 3. The molecule has 0 saturated carbocycles. The molecule has 0 aliphatic rings. The number of hydrogen-bond donors (Lipinski definition) is 3. The van der Waals surface area contributed by atoms with Crippen molar-refractivity contribution in [2.75, 3.05) is 26.6 Å². The van der Waals surface area contributed by atoms with E-state index in [4.69, 9.17) is 26.4 Å². The molecule has 0 aliphatic heterocycles. The molecule has 0 bridgehead atoms. The minimum absolute atomic E-state index is 0.0973. The number of rotatable bonds is 8. The second-order valence-electron chi connectivity index (χ2n) is 7.07. The number of nitrogens with one attached hydrogen (secondary N) is 3. The van der Waals surface area contributed by atoms with Gasteiger partial charge in [-0.25, -0.2) is 0 Å². The van der Waals surface area contributed by atoms with Gasteiger partial charge in [0.15, 0.2) is 16.6 Å². The van der Waals surface area contributed by atoms with E-state index in [2.05, 4.69) is 16.0 Å². The van der Waals surface area contributed by atoms with E-state index in [9.17, 15) is 9.59 Å². The van der Waals surface area contributed by atoms with Gasteiger partial charge in [0.2, 0.25) is 5.75 Å². The van der Waals surface area contributed by atoms with Gasteiger partial charge in [0.25, 0.3) is 11.8 Å². The smallest absolute Gasteiger partial charge is 0.257 e. The molecule has 3 aromatic rings. The molecule has 0 fully saturated rings. The Labute approximate surface area is 203 Å². The largest absolute Gasteiger partial charge is 0.493 e. The van der Waals surface area contributed by atoms with E-state index in [0.29, 0.717) is 35.0 Å². The number of amides is 2. The zero-order chi connectivity index (χ0) is 24.5. The standard InChI is InChI=1S/C25H25N3O5S/c1-31-20-13-18(14-21(32-2)22(20)33-3)24(30)28-25(34)27-19-11-9-17(10-12-19)23(29)26-15-16-7-5-4-6-8-16/h4-14H,15H2,1-3H3,(H,26,29)(H2,27,28,30,34). The van der Waals surface area contributed by atoms with Crippen molar-refractivity contribution in [2.24, 2.45) is 0 Å². The summed E-state index contributed by atoms with van der Waals surface area (Å²) in [6.07, 6.45) is 0. The second kappa shape index (κ2) is 11.7. The number of thiocarbonyl (C=S) groups is 1. The molecule has 0 radical (unpaired) electrons. The first-order valence-corrected chi connectivity index (χ1v) is 10.7. The Hall–Kier alpha value is -4.11. The molecule has 0 aromatic heterocycles. The average molecular weight is 480 g/mol. The van der Waals surface area contributed by atoms with E-state index in [1.807, 2.05) is 30.3 Å². The summed E-state index contributed by atoms with van der Waals surface area (Å²) in [4.78, 5) is 25.0. The van der Waals surface area contributed by atoms with Crippen LogP contribution in [0.2, 0.25) is 0 Å². The predicted molar refractivity (Wildman–Crippen MR) is 134 cm³/mol. The highest BCUT2D eigenvalue weighted by molar-refractivity contribution is 7.80. The fourth-order valence-electron chi connectivity index (χ4n) is 3.14. The summed E-state index contributed by atoms with van der Waals surface area (Å²) >= 11 is 5.25. The van der Waals surface area contributed by atoms with Crippen LogP contribution in [0.5, 0.6) is 17.2 Å². The van der Waals surface area contributed by atoms with E-state index in [1.54, 1.807) is 24.3 Å². The predicted octanol–water partition coefficient (Wildman–Crippen LogP) is 3.77. The molecule has 2 amide bonds. The van der Waals surface area contributed by atoms with Crippen LogP contribution in [0.25, 0.3) is 0 Å². The van der Waals surface area contributed by atoms with E-state index in [1.165, 1.54) is 33.5 Å². The quantitative estimate of drug-likeness (QED) is 0.423. The molecule has 0 unspecified atom stereocenters. The van der Waals surface area contributed by atoms with Gasteiger partial charge >= 0.3 is 0 Å². The zero-order valence-electron chi connectivity index (χ0n) is 19.0. The Morgan fingerprint density at radius 2 is 1.41 bits per heavy atom. The molecule has 34 heavy (non-hydrogen) atoms. The number of anilines is 1. The van der Waals surface area contributed by atoms with Gasteiger partial charge in [0, 0.05) is 23.4 Å². The average Bonchev–Trinajstić information content (AvgIpc) is 2.87. The van der Waals surface area contributed by atoms with E-state index < -0.39 is 5.91 Å². The molecule has 3 N–H and O–H groups in total. The van der Waals surface area contributed by atoms with Crippen molar-refractivity contribution in [3.8, 4) is 17.2 Å². The number of benzene rings is 3. The van der Waals surface area contributed by atoms with Gasteiger partial charge in [-0.05, 0) is 54.2 Å². The maximum atomic E-state index is 12.7. The topological polar surface area (TPSA) is 97.9 Å². The number of methoxy groups -OCH3 is 3. The fraction of sp³-hybridized carbons (Fsp3) is 0.160. The molecule has 176 valence electrons. The summed E-state index contributed by atoms with van der Waals surface area (Å²) in [5.41, 5.74) is 2.43. The molecular weight excluding hydrogens is 454 g/mol. The van der Waals surface area contributed by atoms with Gasteiger partial charge in [-0.1, -0.05) is 30.3 Å². The van der Waals surface area contributed by atoms with Crippen molar-refractivity contribution in [1.29, 1.82) is 0 Å². The lowest BCUT2D eigenvalue weighted by atomic mass is 10.1. The van der Waals surface area contributed by atoms with Crippen LogP contribution in [-0.2, 0) is 6.54 Å². The molecule has 0 spiro atoms. The highest BCUT2D eigenvalue weighted by Gasteiger charge is 2.17. The monoisotopic (exact) mass is 479 g/mol. The Morgan fingerprint density at radius 1 is 0.794 bits per heavy atom. The number of carbonyl (C=O) groups excluding carboxylic acids is 2. The maximum absolute atomic E-state index is 12.7. The summed E-state index contributed by atoms with van der Waals surface area (Å²) in [7, 11) is 4.42. The highest BCUT2D eigenvalue weighted by Crippen LogP contribution is 2.38. The van der Waals surface area contributed by atoms with Crippen molar-refractivity contribution < 1.29 is 23.8 Å². The van der Waals surface area contributed by atoms with Gasteiger partial charge < -0.3 is 24.8 Å². The van der Waals surface area contributed by atoms with Crippen LogP contribution in [-0.4, -0.2) is 38.3 Å². The Kier molecular flexibility index (Phi) is 8.42.